The lowest BCUT2D eigenvalue weighted by atomic mass is 10.0. The Kier molecular flexibility index (Phi) is 5.73. The summed E-state index contributed by atoms with van der Waals surface area (Å²) in [4.78, 5) is 38.2. The molecule has 34 heavy (non-hydrogen) atoms. The quantitative estimate of drug-likeness (QED) is 0.314. The highest BCUT2D eigenvalue weighted by Gasteiger charge is 2.35. The minimum atomic E-state index is -1.11. The largest absolute Gasteiger partial charge is 0.478 e. The molecule has 8 heteroatoms. The van der Waals surface area contributed by atoms with E-state index in [1.807, 2.05) is 42.5 Å². The first-order valence-electron chi connectivity index (χ1n) is 10.3. The molecule has 1 fully saturated rings. The second kappa shape index (κ2) is 8.85. The standard InChI is InChI=1S/C26H16ClNO5S/c27-21-12-16(8-10-20(21)25(30)31)22-11-9-18(33-22)13-23-24(29)28(26(32)34-23)14-17-6-3-5-15-4-1-2-7-19(15)17/h1-13H,14H2,(H,30,31)/b23-13+. The van der Waals surface area contributed by atoms with Gasteiger partial charge in [-0.25, -0.2) is 4.79 Å². The van der Waals surface area contributed by atoms with E-state index in [0.29, 0.717) is 17.1 Å². The molecule has 6 nitrogen and oxygen atoms in total. The van der Waals surface area contributed by atoms with Gasteiger partial charge >= 0.3 is 5.97 Å². The zero-order chi connectivity index (χ0) is 23.8. The summed E-state index contributed by atoms with van der Waals surface area (Å²) in [5.74, 6) is -0.644. The molecule has 3 aromatic carbocycles. The summed E-state index contributed by atoms with van der Waals surface area (Å²) < 4.78 is 5.80. The van der Waals surface area contributed by atoms with E-state index in [2.05, 4.69) is 0 Å². The van der Waals surface area contributed by atoms with Crippen LogP contribution in [0.5, 0.6) is 0 Å². The van der Waals surface area contributed by atoms with Gasteiger partial charge in [-0.15, -0.1) is 0 Å². The van der Waals surface area contributed by atoms with Crippen LogP contribution in [-0.2, 0) is 11.3 Å². The van der Waals surface area contributed by atoms with Crippen LogP contribution >= 0.6 is 23.4 Å². The maximum atomic E-state index is 13.0. The van der Waals surface area contributed by atoms with Crippen LogP contribution in [0, 0.1) is 0 Å². The van der Waals surface area contributed by atoms with Crippen molar-refractivity contribution in [2.45, 2.75) is 6.54 Å². The number of benzene rings is 3. The number of halogens is 1. The Morgan fingerprint density at radius 1 is 1.03 bits per heavy atom. The number of carbonyl (C=O) groups excluding carboxylic acids is 2. The number of thioether (sulfide) groups is 1. The Morgan fingerprint density at radius 2 is 1.82 bits per heavy atom. The molecular weight excluding hydrogens is 474 g/mol. The van der Waals surface area contributed by atoms with Crippen molar-refractivity contribution >= 4 is 57.3 Å². The molecule has 5 rings (SSSR count). The first-order valence-corrected chi connectivity index (χ1v) is 11.5. The molecule has 168 valence electrons. The molecule has 2 amide bonds. The zero-order valence-electron chi connectivity index (χ0n) is 17.5. The molecule has 0 atom stereocenters. The van der Waals surface area contributed by atoms with Crippen molar-refractivity contribution in [2.24, 2.45) is 0 Å². The van der Waals surface area contributed by atoms with Crippen molar-refractivity contribution in [2.75, 3.05) is 0 Å². The normalized spacial score (nSPS) is 15.0. The molecule has 1 aliphatic rings. The Labute approximate surface area is 203 Å². The Bertz CT molecular complexity index is 1500. The summed E-state index contributed by atoms with van der Waals surface area (Å²) in [5, 5.41) is 10.9. The van der Waals surface area contributed by atoms with Crippen LogP contribution in [0.1, 0.15) is 21.7 Å². The molecule has 0 bridgehead atoms. The number of hydrogen-bond acceptors (Lipinski definition) is 5. The number of hydrogen-bond donors (Lipinski definition) is 1. The van der Waals surface area contributed by atoms with Crippen molar-refractivity contribution in [3.63, 3.8) is 0 Å². The van der Waals surface area contributed by atoms with E-state index in [9.17, 15) is 14.4 Å². The molecule has 0 radical (unpaired) electrons. The molecule has 1 saturated heterocycles. The van der Waals surface area contributed by atoms with Gasteiger partial charge in [0.25, 0.3) is 11.1 Å². The molecule has 0 saturated carbocycles. The minimum absolute atomic E-state index is 0.00272. The lowest BCUT2D eigenvalue weighted by molar-refractivity contribution is -0.123. The number of fused-ring (bicyclic) bond motifs is 1. The molecule has 2 heterocycles. The monoisotopic (exact) mass is 489 g/mol. The highest BCUT2D eigenvalue weighted by Crippen LogP contribution is 2.35. The summed E-state index contributed by atoms with van der Waals surface area (Å²) in [6.45, 7) is 0.182. The second-order valence-corrected chi connectivity index (χ2v) is 9.01. The smallest absolute Gasteiger partial charge is 0.337 e. The average molecular weight is 490 g/mol. The maximum absolute atomic E-state index is 13.0. The van der Waals surface area contributed by atoms with E-state index in [1.54, 1.807) is 18.2 Å². The van der Waals surface area contributed by atoms with Crippen LogP contribution in [-0.4, -0.2) is 27.1 Å². The summed E-state index contributed by atoms with van der Waals surface area (Å²) in [6.07, 6.45) is 1.53. The highest BCUT2D eigenvalue weighted by molar-refractivity contribution is 8.18. The van der Waals surface area contributed by atoms with Crippen LogP contribution in [0.4, 0.5) is 4.79 Å². The van der Waals surface area contributed by atoms with Gasteiger partial charge in [-0.1, -0.05) is 60.1 Å². The fourth-order valence-corrected chi connectivity index (χ4v) is 4.87. The van der Waals surface area contributed by atoms with Crippen molar-refractivity contribution in [1.82, 2.24) is 4.90 Å². The Hall–Kier alpha value is -3.81. The minimum Gasteiger partial charge on any atom is -0.478 e. The number of nitrogens with zero attached hydrogens (tertiary/aromatic N) is 1. The number of furan rings is 1. The number of rotatable bonds is 5. The molecular formula is C26H16ClNO5S. The third-order valence-electron chi connectivity index (χ3n) is 5.47. The van der Waals surface area contributed by atoms with Gasteiger partial charge in [0.05, 0.1) is 22.0 Å². The molecule has 0 spiro atoms. The lowest BCUT2D eigenvalue weighted by Crippen LogP contribution is -2.27. The number of aromatic carboxylic acids is 1. The fourth-order valence-electron chi connectivity index (χ4n) is 3.79. The Morgan fingerprint density at radius 3 is 2.62 bits per heavy atom. The first-order chi connectivity index (χ1) is 16.4. The van der Waals surface area contributed by atoms with Gasteiger partial charge in [-0.2, -0.15) is 0 Å². The van der Waals surface area contributed by atoms with Crippen LogP contribution in [0.2, 0.25) is 5.02 Å². The molecule has 0 unspecified atom stereocenters. The summed E-state index contributed by atoms with van der Waals surface area (Å²) in [7, 11) is 0. The molecule has 1 aromatic heterocycles. The van der Waals surface area contributed by atoms with Gasteiger partial charge in [-0.3, -0.25) is 14.5 Å². The van der Waals surface area contributed by atoms with Gasteiger partial charge in [0.1, 0.15) is 11.5 Å². The lowest BCUT2D eigenvalue weighted by Gasteiger charge is -2.14. The van der Waals surface area contributed by atoms with Crippen molar-refractivity contribution in [3.05, 3.63) is 99.6 Å². The van der Waals surface area contributed by atoms with E-state index in [1.165, 1.54) is 23.1 Å². The first kappa shape index (κ1) is 22.0. The number of imide groups is 1. The molecule has 1 N–H and O–H groups in total. The van der Waals surface area contributed by atoms with Gasteiger partial charge in [0.2, 0.25) is 0 Å². The maximum Gasteiger partial charge on any atom is 0.337 e. The van der Waals surface area contributed by atoms with Crippen molar-refractivity contribution < 1.29 is 23.9 Å². The fraction of sp³-hybridized carbons (Fsp3) is 0.0385. The number of amides is 2. The van der Waals surface area contributed by atoms with E-state index in [-0.39, 0.29) is 33.2 Å². The topological polar surface area (TPSA) is 87.8 Å². The van der Waals surface area contributed by atoms with Crippen LogP contribution < -0.4 is 0 Å². The van der Waals surface area contributed by atoms with E-state index in [0.717, 1.165) is 28.1 Å². The van der Waals surface area contributed by atoms with E-state index in [4.69, 9.17) is 21.1 Å². The Balaban J connectivity index is 1.38. The van der Waals surface area contributed by atoms with E-state index < -0.39 is 5.97 Å². The van der Waals surface area contributed by atoms with Gasteiger partial charge < -0.3 is 9.52 Å². The summed E-state index contributed by atoms with van der Waals surface area (Å²) >= 11 is 6.91. The van der Waals surface area contributed by atoms with Gasteiger partial charge in [0, 0.05) is 11.6 Å². The van der Waals surface area contributed by atoms with Crippen LogP contribution in [0.3, 0.4) is 0 Å². The number of carbonyl (C=O) groups is 3. The summed E-state index contributed by atoms with van der Waals surface area (Å²) in [5.41, 5.74) is 1.49. The van der Waals surface area contributed by atoms with E-state index >= 15 is 0 Å². The third kappa shape index (κ3) is 4.11. The second-order valence-electron chi connectivity index (χ2n) is 7.61. The number of carboxylic acid groups (broad SMARTS) is 1. The van der Waals surface area contributed by atoms with Crippen LogP contribution in [0.25, 0.3) is 28.2 Å². The molecule has 0 aliphatic carbocycles. The SMILES string of the molecule is O=C(O)c1ccc(-c2ccc(/C=C3/SC(=O)N(Cc4cccc5ccccc45)C3=O)o2)cc1Cl. The average Bonchev–Trinajstić information content (AvgIpc) is 3.39. The van der Waals surface area contributed by atoms with Crippen molar-refractivity contribution in [1.29, 1.82) is 0 Å². The predicted molar refractivity (Wildman–Crippen MR) is 132 cm³/mol. The summed E-state index contributed by atoms with van der Waals surface area (Å²) in [6, 6.07) is 21.5. The predicted octanol–water partition coefficient (Wildman–Crippen LogP) is 6.69. The molecule has 1 aliphatic heterocycles. The molecule has 4 aromatic rings. The van der Waals surface area contributed by atoms with Crippen LogP contribution in [0.15, 0.2) is 82.1 Å². The van der Waals surface area contributed by atoms with Gasteiger partial charge in [0.15, 0.2) is 0 Å². The van der Waals surface area contributed by atoms with Gasteiger partial charge in [-0.05, 0) is 52.4 Å². The highest BCUT2D eigenvalue weighted by atomic mass is 35.5. The number of carboxylic acids is 1. The third-order valence-corrected chi connectivity index (χ3v) is 6.69. The zero-order valence-corrected chi connectivity index (χ0v) is 19.1. The van der Waals surface area contributed by atoms with Crippen molar-refractivity contribution in [3.8, 4) is 11.3 Å².